The monoisotopic (exact) mass is 470 g/mol. The summed E-state index contributed by atoms with van der Waals surface area (Å²) in [6, 6.07) is 11.9. The molecule has 35 heavy (non-hydrogen) atoms. The topological polar surface area (TPSA) is 110 Å². The summed E-state index contributed by atoms with van der Waals surface area (Å²) in [7, 11) is 1.98. The van der Waals surface area contributed by atoms with Crippen LogP contribution in [0.2, 0.25) is 0 Å². The lowest BCUT2D eigenvalue weighted by atomic mass is 10.1. The molecule has 10 heteroatoms. The summed E-state index contributed by atoms with van der Waals surface area (Å²) >= 11 is 0. The number of rotatable bonds is 6. The number of hydrogen-bond acceptors (Lipinski definition) is 8. The molecule has 1 aliphatic carbocycles. The molecule has 2 aliphatic rings. The van der Waals surface area contributed by atoms with Gasteiger partial charge in [-0.15, -0.1) is 0 Å². The Bertz CT molecular complexity index is 1370. The van der Waals surface area contributed by atoms with E-state index in [0.29, 0.717) is 36.7 Å². The number of ether oxygens (including phenoxy) is 1. The second-order valence-corrected chi connectivity index (χ2v) is 8.90. The Hall–Kier alpha value is -4.05. The van der Waals surface area contributed by atoms with Crippen molar-refractivity contribution < 1.29 is 9.53 Å². The quantitative estimate of drug-likeness (QED) is 0.443. The second-order valence-electron chi connectivity index (χ2n) is 8.90. The fraction of sp³-hybridized carbons (Fsp3) is 0.320. The maximum atomic E-state index is 12.2. The summed E-state index contributed by atoms with van der Waals surface area (Å²) in [5.74, 6) is 1.16. The van der Waals surface area contributed by atoms with Crippen LogP contribution in [0.15, 0.2) is 48.9 Å². The lowest BCUT2D eigenvalue weighted by Crippen LogP contribution is -2.37. The van der Waals surface area contributed by atoms with Gasteiger partial charge in [-0.1, -0.05) is 6.07 Å². The maximum absolute atomic E-state index is 12.2. The number of amides is 1. The first-order valence-corrected chi connectivity index (χ1v) is 11.8. The summed E-state index contributed by atoms with van der Waals surface area (Å²) in [6.45, 7) is 2.75. The number of morpholine rings is 1. The highest BCUT2D eigenvalue weighted by Gasteiger charge is 2.24. The fourth-order valence-electron chi connectivity index (χ4n) is 4.07. The summed E-state index contributed by atoms with van der Waals surface area (Å²) in [4.78, 5) is 32.8. The lowest BCUT2D eigenvalue weighted by molar-refractivity contribution is 0.0946. The molecule has 2 fully saturated rings. The van der Waals surface area contributed by atoms with Gasteiger partial charge in [0.1, 0.15) is 11.5 Å². The van der Waals surface area contributed by atoms with Crippen LogP contribution in [0, 0.1) is 0 Å². The van der Waals surface area contributed by atoms with Gasteiger partial charge in [-0.2, -0.15) is 4.98 Å². The third kappa shape index (κ3) is 4.65. The molecule has 0 spiro atoms. The van der Waals surface area contributed by atoms with Gasteiger partial charge in [0.2, 0.25) is 5.95 Å². The van der Waals surface area contributed by atoms with Crippen LogP contribution >= 0.6 is 0 Å². The molecular formula is C25H26N8O2. The highest BCUT2D eigenvalue weighted by molar-refractivity contribution is 5.93. The standard InChI is InChI=1S/C25H26N8O2/c1-32-15-27-19-6-2-16(12-22(19)32)21-13-23(31-25(30-21)33-8-10-35-11-9-33)28-18-5-7-20(26-14-18)24(34)29-17-3-4-17/h2,5-7,12-15,17H,3-4,8-11H2,1H3,(H,29,34)(H,28,30,31). The number of hydrogen-bond donors (Lipinski definition) is 2. The van der Waals surface area contributed by atoms with Gasteiger partial charge in [0.15, 0.2) is 0 Å². The summed E-state index contributed by atoms with van der Waals surface area (Å²) in [6.07, 6.45) is 5.54. The van der Waals surface area contributed by atoms with Crippen LogP contribution in [0.3, 0.4) is 0 Å². The Morgan fingerprint density at radius 1 is 1.06 bits per heavy atom. The van der Waals surface area contributed by atoms with Gasteiger partial charge in [-0.05, 0) is 37.1 Å². The molecule has 0 atom stereocenters. The third-order valence-electron chi connectivity index (χ3n) is 6.21. The van der Waals surface area contributed by atoms with Gasteiger partial charge in [-0.25, -0.2) is 15.0 Å². The number of nitrogens with one attached hydrogen (secondary N) is 2. The number of carbonyl (C=O) groups excluding carboxylic acids is 1. The molecule has 0 unspecified atom stereocenters. The molecule has 1 aromatic carbocycles. The van der Waals surface area contributed by atoms with E-state index in [2.05, 4.69) is 31.6 Å². The van der Waals surface area contributed by atoms with Crippen LogP contribution in [0.4, 0.5) is 17.5 Å². The zero-order valence-corrected chi connectivity index (χ0v) is 19.4. The van der Waals surface area contributed by atoms with Crippen molar-refractivity contribution in [2.45, 2.75) is 18.9 Å². The van der Waals surface area contributed by atoms with Crippen LogP contribution < -0.4 is 15.5 Å². The molecule has 4 heterocycles. The Balaban J connectivity index is 1.31. The van der Waals surface area contributed by atoms with Gasteiger partial charge in [0.05, 0.1) is 48.2 Å². The van der Waals surface area contributed by atoms with Crippen molar-refractivity contribution in [2.75, 3.05) is 36.5 Å². The minimum absolute atomic E-state index is 0.136. The predicted octanol–water partition coefficient (Wildman–Crippen LogP) is 2.90. The van der Waals surface area contributed by atoms with Gasteiger partial charge in [0.25, 0.3) is 5.91 Å². The van der Waals surface area contributed by atoms with Crippen molar-refractivity contribution in [2.24, 2.45) is 7.05 Å². The average molecular weight is 471 g/mol. The molecule has 1 aliphatic heterocycles. The number of carbonyl (C=O) groups is 1. The molecule has 1 saturated carbocycles. The van der Waals surface area contributed by atoms with E-state index in [4.69, 9.17) is 14.7 Å². The number of aromatic nitrogens is 5. The number of nitrogens with zero attached hydrogens (tertiary/aromatic N) is 6. The first-order chi connectivity index (χ1) is 17.1. The van der Waals surface area contributed by atoms with Crippen molar-refractivity contribution in [1.29, 1.82) is 0 Å². The van der Waals surface area contributed by atoms with Gasteiger partial charge in [0, 0.05) is 37.8 Å². The summed E-state index contributed by atoms with van der Waals surface area (Å²) < 4.78 is 7.50. The number of anilines is 3. The third-order valence-corrected chi connectivity index (χ3v) is 6.21. The van der Waals surface area contributed by atoms with Crippen molar-refractivity contribution in [3.8, 4) is 11.3 Å². The molecule has 10 nitrogen and oxygen atoms in total. The summed E-state index contributed by atoms with van der Waals surface area (Å²) in [5.41, 5.74) is 4.91. The van der Waals surface area contributed by atoms with Crippen molar-refractivity contribution in [3.05, 3.63) is 54.6 Å². The van der Waals surface area contributed by atoms with E-state index >= 15 is 0 Å². The molecule has 0 bridgehead atoms. The highest BCUT2D eigenvalue weighted by Crippen LogP contribution is 2.28. The van der Waals surface area contributed by atoms with E-state index in [-0.39, 0.29) is 5.91 Å². The molecule has 178 valence electrons. The Kier molecular flexibility index (Phi) is 5.49. The first kappa shape index (κ1) is 21.5. The Morgan fingerprint density at radius 2 is 1.91 bits per heavy atom. The van der Waals surface area contributed by atoms with Crippen LogP contribution in [0.5, 0.6) is 0 Å². The predicted molar refractivity (Wildman–Crippen MR) is 133 cm³/mol. The molecule has 3 aromatic heterocycles. The maximum Gasteiger partial charge on any atom is 0.270 e. The number of benzene rings is 1. The van der Waals surface area contributed by atoms with Crippen molar-refractivity contribution in [1.82, 2.24) is 29.8 Å². The first-order valence-electron chi connectivity index (χ1n) is 11.8. The van der Waals surface area contributed by atoms with Crippen LogP contribution in [0.25, 0.3) is 22.3 Å². The molecular weight excluding hydrogens is 444 g/mol. The highest BCUT2D eigenvalue weighted by atomic mass is 16.5. The Morgan fingerprint density at radius 3 is 2.69 bits per heavy atom. The zero-order chi connectivity index (χ0) is 23.8. The molecule has 1 amide bonds. The number of fused-ring (bicyclic) bond motifs is 1. The van der Waals surface area contributed by atoms with Crippen LogP contribution in [-0.2, 0) is 11.8 Å². The summed E-state index contributed by atoms with van der Waals surface area (Å²) in [5, 5.41) is 6.29. The normalized spacial score (nSPS) is 15.9. The Labute approximate surface area is 202 Å². The zero-order valence-electron chi connectivity index (χ0n) is 19.4. The molecule has 0 radical (unpaired) electrons. The van der Waals surface area contributed by atoms with Crippen molar-refractivity contribution >= 4 is 34.4 Å². The molecule has 1 saturated heterocycles. The number of imidazole rings is 1. The van der Waals surface area contributed by atoms with E-state index in [9.17, 15) is 4.79 Å². The van der Waals surface area contributed by atoms with Crippen LogP contribution in [0.1, 0.15) is 23.3 Å². The van der Waals surface area contributed by atoms with E-state index in [1.165, 1.54) is 0 Å². The minimum atomic E-state index is -0.136. The minimum Gasteiger partial charge on any atom is -0.378 e. The van der Waals surface area contributed by atoms with Gasteiger partial charge >= 0.3 is 0 Å². The van der Waals surface area contributed by atoms with Crippen LogP contribution in [-0.4, -0.2) is 62.8 Å². The van der Waals surface area contributed by atoms with Crippen molar-refractivity contribution in [3.63, 3.8) is 0 Å². The van der Waals surface area contributed by atoms with Gasteiger partial charge < -0.3 is 24.8 Å². The lowest BCUT2D eigenvalue weighted by Gasteiger charge is -2.27. The smallest absolute Gasteiger partial charge is 0.270 e. The second kappa shape index (κ2) is 8.95. The SMILES string of the molecule is Cn1cnc2ccc(-c3cc(Nc4ccc(C(=O)NC5CC5)nc4)nc(N4CCOCC4)n3)cc21. The van der Waals surface area contributed by atoms with E-state index in [0.717, 1.165) is 53.9 Å². The molecule has 2 N–H and O–H groups in total. The van der Waals surface area contributed by atoms with E-state index in [1.807, 2.05) is 42.2 Å². The number of aryl methyl sites for hydroxylation is 1. The molecule has 6 rings (SSSR count). The van der Waals surface area contributed by atoms with E-state index in [1.54, 1.807) is 12.3 Å². The molecule has 4 aromatic rings. The van der Waals surface area contributed by atoms with Gasteiger partial charge in [-0.3, -0.25) is 4.79 Å². The largest absolute Gasteiger partial charge is 0.378 e. The average Bonchev–Trinajstić information content (AvgIpc) is 3.64. The number of pyridine rings is 1. The van der Waals surface area contributed by atoms with E-state index < -0.39 is 0 Å². The fourth-order valence-corrected chi connectivity index (χ4v) is 4.07.